The number of carbonyl (C=O) groups is 2. The maximum atomic E-state index is 13.3. The van der Waals surface area contributed by atoms with Crippen molar-refractivity contribution in [2.45, 2.75) is 117 Å². The Labute approximate surface area is 273 Å². The number of carbonyl (C=O) groups excluding carboxylic acids is 2. The summed E-state index contributed by atoms with van der Waals surface area (Å²) in [6.45, 7) is 7.68. The average Bonchev–Trinajstić information content (AvgIpc) is 3.59. The van der Waals surface area contributed by atoms with Gasteiger partial charge in [-0.2, -0.15) is 0 Å². The average molecular weight is 637 g/mol. The van der Waals surface area contributed by atoms with Crippen LogP contribution in [0, 0.1) is 50.3 Å². The number of nitrogens with zero attached hydrogens (tertiary/aromatic N) is 1. The zero-order chi connectivity index (χ0) is 30.9. The largest absolute Gasteiger partial charge is 0.344 e. The standard InChI is InChI=1S/C36H52N4O2S2/c1-23(27-16-17-28-26-15-14-25-11-7-8-21-35(25,2)29(26)20-22-36(27,28)3)12-19-31(41)37-30(18-13-24-9-5-4-6-10-24)32(42)38-33-39-40-34(43)44-33/h4-6,9-10,23,25-30H,7-8,11-22H2,1-3H3,(H,37,41)(H,40,43)(H,38,39,42). The van der Waals surface area contributed by atoms with Crippen LogP contribution in [-0.4, -0.2) is 28.1 Å². The summed E-state index contributed by atoms with van der Waals surface area (Å²) in [5, 5.41) is 13.1. The molecule has 9 unspecified atom stereocenters. The molecule has 6 nitrogen and oxygen atoms in total. The van der Waals surface area contributed by atoms with Gasteiger partial charge in [0.15, 0.2) is 3.95 Å². The van der Waals surface area contributed by atoms with Crippen molar-refractivity contribution in [2.24, 2.45) is 46.3 Å². The van der Waals surface area contributed by atoms with E-state index in [0.29, 0.717) is 51.0 Å². The lowest BCUT2D eigenvalue weighted by Gasteiger charge is -2.61. The van der Waals surface area contributed by atoms with Gasteiger partial charge in [-0.25, -0.2) is 0 Å². The van der Waals surface area contributed by atoms with Crippen molar-refractivity contribution in [1.82, 2.24) is 15.5 Å². The van der Waals surface area contributed by atoms with E-state index >= 15 is 0 Å². The van der Waals surface area contributed by atoms with E-state index in [1.54, 1.807) is 0 Å². The third kappa shape index (κ3) is 6.44. The topological polar surface area (TPSA) is 86.9 Å². The van der Waals surface area contributed by atoms with Crippen molar-refractivity contribution >= 4 is 40.5 Å². The van der Waals surface area contributed by atoms with Crippen molar-refractivity contribution < 1.29 is 9.59 Å². The van der Waals surface area contributed by atoms with Gasteiger partial charge in [-0.05, 0) is 135 Å². The molecule has 1 heterocycles. The first-order chi connectivity index (χ1) is 21.2. The highest BCUT2D eigenvalue weighted by molar-refractivity contribution is 7.73. The Balaban J connectivity index is 1.06. The van der Waals surface area contributed by atoms with E-state index in [1.807, 2.05) is 18.2 Å². The van der Waals surface area contributed by atoms with Crippen LogP contribution in [-0.2, 0) is 16.0 Å². The summed E-state index contributed by atoms with van der Waals surface area (Å²) in [5.74, 6) is 4.56. The molecule has 0 spiro atoms. The van der Waals surface area contributed by atoms with E-state index < -0.39 is 6.04 Å². The van der Waals surface area contributed by atoms with Gasteiger partial charge in [-0.3, -0.25) is 20.0 Å². The van der Waals surface area contributed by atoms with Gasteiger partial charge in [0, 0.05) is 6.42 Å². The molecule has 0 aliphatic heterocycles. The number of hydrogen-bond donors (Lipinski definition) is 3. The minimum Gasteiger partial charge on any atom is -0.344 e. The maximum absolute atomic E-state index is 13.3. The van der Waals surface area contributed by atoms with Crippen LogP contribution in [0.15, 0.2) is 30.3 Å². The minimum absolute atomic E-state index is 0.0355. The zero-order valence-electron chi connectivity index (χ0n) is 26.9. The number of fused-ring (bicyclic) bond motifs is 5. The molecule has 0 saturated heterocycles. The number of nitrogens with one attached hydrogen (secondary N) is 3. The molecule has 240 valence electrons. The van der Waals surface area contributed by atoms with Crippen LogP contribution in [0.25, 0.3) is 0 Å². The lowest BCUT2D eigenvalue weighted by molar-refractivity contribution is -0.127. The fourth-order valence-electron chi connectivity index (χ4n) is 10.8. The first-order valence-corrected chi connectivity index (χ1v) is 18.6. The number of H-pyrrole nitrogens is 1. The van der Waals surface area contributed by atoms with Gasteiger partial charge < -0.3 is 5.32 Å². The molecule has 0 radical (unpaired) electrons. The number of aromatic amines is 1. The Hall–Kier alpha value is -2.06. The minimum atomic E-state index is -0.629. The number of anilines is 1. The Morgan fingerprint density at radius 2 is 1.80 bits per heavy atom. The molecule has 1 aromatic heterocycles. The van der Waals surface area contributed by atoms with Gasteiger partial charge >= 0.3 is 0 Å². The Kier molecular flexibility index (Phi) is 9.68. The quantitative estimate of drug-likeness (QED) is 0.228. The van der Waals surface area contributed by atoms with Crippen LogP contribution in [0.3, 0.4) is 0 Å². The summed E-state index contributed by atoms with van der Waals surface area (Å²) in [7, 11) is 0. The smallest absolute Gasteiger partial charge is 0.248 e. The van der Waals surface area contributed by atoms with Gasteiger partial charge in [-0.1, -0.05) is 75.3 Å². The highest BCUT2D eigenvalue weighted by Crippen LogP contribution is 2.68. The van der Waals surface area contributed by atoms with Crippen molar-refractivity contribution in [2.75, 3.05) is 5.32 Å². The molecule has 4 aliphatic carbocycles. The molecular weight excluding hydrogens is 585 g/mol. The van der Waals surface area contributed by atoms with E-state index in [0.717, 1.165) is 35.7 Å². The number of rotatable bonds is 10. The maximum Gasteiger partial charge on any atom is 0.248 e. The first-order valence-electron chi connectivity index (χ1n) is 17.4. The van der Waals surface area contributed by atoms with Gasteiger partial charge in [0.2, 0.25) is 16.9 Å². The molecule has 2 amide bonds. The third-order valence-corrected chi connectivity index (χ3v) is 14.1. The predicted octanol–water partition coefficient (Wildman–Crippen LogP) is 8.72. The molecule has 4 aliphatic rings. The fourth-order valence-corrected chi connectivity index (χ4v) is 11.6. The second-order valence-corrected chi connectivity index (χ2v) is 16.9. The molecule has 44 heavy (non-hydrogen) atoms. The molecule has 3 N–H and O–H groups in total. The van der Waals surface area contributed by atoms with Crippen molar-refractivity contribution in [3.63, 3.8) is 0 Å². The molecule has 0 bridgehead atoms. The summed E-state index contributed by atoms with van der Waals surface area (Å²) in [6.07, 6.45) is 16.8. The SMILES string of the molecule is CC(CCC(=O)NC(CCc1ccccc1)C(=O)Nc1n[nH]c(=S)s1)C1CCC2C3CCC4CCCCC4(C)C3CCC12C. The van der Waals surface area contributed by atoms with Gasteiger partial charge in [-0.15, -0.1) is 5.10 Å². The second kappa shape index (κ2) is 13.4. The third-order valence-electron chi connectivity index (χ3n) is 13.1. The van der Waals surface area contributed by atoms with Crippen molar-refractivity contribution in [3.8, 4) is 0 Å². The number of amides is 2. The number of aryl methyl sites for hydroxylation is 1. The molecule has 4 fully saturated rings. The summed E-state index contributed by atoms with van der Waals surface area (Å²) in [6, 6.07) is 9.48. The summed E-state index contributed by atoms with van der Waals surface area (Å²) in [4.78, 5) is 26.6. The summed E-state index contributed by atoms with van der Waals surface area (Å²) in [5.41, 5.74) is 2.13. The highest BCUT2D eigenvalue weighted by atomic mass is 32.1. The molecular formula is C36H52N4O2S2. The fraction of sp³-hybridized carbons (Fsp3) is 0.722. The van der Waals surface area contributed by atoms with Gasteiger partial charge in [0.05, 0.1) is 0 Å². The first kappa shape index (κ1) is 31.9. The van der Waals surface area contributed by atoms with E-state index in [9.17, 15) is 9.59 Å². The van der Waals surface area contributed by atoms with E-state index in [-0.39, 0.29) is 11.8 Å². The lowest BCUT2D eigenvalue weighted by Crippen LogP contribution is -2.53. The molecule has 4 saturated carbocycles. The number of benzene rings is 1. The molecule has 9 atom stereocenters. The van der Waals surface area contributed by atoms with Crippen LogP contribution < -0.4 is 10.6 Å². The van der Waals surface area contributed by atoms with Gasteiger partial charge in [0.25, 0.3) is 0 Å². The Morgan fingerprint density at radius 3 is 2.57 bits per heavy atom. The summed E-state index contributed by atoms with van der Waals surface area (Å²) >= 11 is 6.34. The van der Waals surface area contributed by atoms with Crippen molar-refractivity contribution in [3.05, 3.63) is 39.8 Å². The van der Waals surface area contributed by atoms with Crippen molar-refractivity contribution in [1.29, 1.82) is 0 Å². The van der Waals surface area contributed by atoms with E-state index in [1.165, 1.54) is 75.5 Å². The Morgan fingerprint density at radius 1 is 1.00 bits per heavy atom. The van der Waals surface area contributed by atoms with Crippen LogP contribution in [0.5, 0.6) is 0 Å². The Bertz CT molecular complexity index is 1360. The lowest BCUT2D eigenvalue weighted by atomic mass is 9.44. The summed E-state index contributed by atoms with van der Waals surface area (Å²) < 4.78 is 0.506. The van der Waals surface area contributed by atoms with Gasteiger partial charge in [0.1, 0.15) is 6.04 Å². The molecule has 2 aromatic rings. The monoisotopic (exact) mass is 636 g/mol. The number of hydrogen-bond acceptors (Lipinski definition) is 5. The van der Waals surface area contributed by atoms with E-state index in [4.69, 9.17) is 12.2 Å². The van der Waals surface area contributed by atoms with Crippen LogP contribution in [0.4, 0.5) is 5.13 Å². The second-order valence-electron chi connectivity index (χ2n) is 15.2. The normalized spacial score (nSPS) is 34.2. The van der Waals surface area contributed by atoms with E-state index in [2.05, 4.69) is 53.7 Å². The highest BCUT2D eigenvalue weighted by Gasteiger charge is 2.60. The predicted molar refractivity (Wildman–Crippen MR) is 181 cm³/mol. The molecule has 1 aromatic carbocycles. The molecule has 6 rings (SSSR count). The van der Waals surface area contributed by atoms with Crippen LogP contribution in [0.2, 0.25) is 0 Å². The number of aromatic nitrogens is 2. The van der Waals surface area contributed by atoms with Crippen LogP contribution >= 0.6 is 23.6 Å². The zero-order valence-corrected chi connectivity index (χ0v) is 28.5. The van der Waals surface area contributed by atoms with Crippen LogP contribution in [0.1, 0.15) is 110 Å². The molecule has 8 heteroatoms.